The molecule has 0 unspecified atom stereocenters. The van der Waals surface area contributed by atoms with Gasteiger partial charge >= 0.3 is 0 Å². The molecule has 150 valence electrons. The van der Waals surface area contributed by atoms with Crippen molar-refractivity contribution in [3.05, 3.63) is 35.2 Å². The van der Waals surface area contributed by atoms with Gasteiger partial charge in [0.2, 0.25) is 5.91 Å². The van der Waals surface area contributed by atoms with E-state index in [4.69, 9.17) is 15.5 Å². The van der Waals surface area contributed by atoms with Crippen LogP contribution in [-0.2, 0) is 9.53 Å². The molecule has 3 heterocycles. The van der Waals surface area contributed by atoms with Gasteiger partial charge in [0.15, 0.2) is 5.13 Å². The van der Waals surface area contributed by atoms with Gasteiger partial charge in [-0.15, -0.1) is 11.3 Å². The monoisotopic (exact) mass is 418 g/mol. The Morgan fingerprint density at radius 3 is 2.68 bits per heavy atom. The molecule has 2 N–H and O–H groups in total. The number of hydrogen-bond acceptors (Lipinski definition) is 7. The van der Waals surface area contributed by atoms with Crippen LogP contribution < -0.4 is 10.6 Å². The molecule has 0 bridgehead atoms. The molecule has 0 saturated carbocycles. The lowest BCUT2D eigenvalue weighted by atomic mass is 9.98. The molecule has 2 aliphatic heterocycles. The maximum Gasteiger partial charge on any atom is 0.235 e. The van der Waals surface area contributed by atoms with Crippen molar-refractivity contribution in [2.24, 2.45) is 5.73 Å². The van der Waals surface area contributed by atoms with Crippen LogP contribution in [-0.4, -0.2) is 59.3 Å². The fourth-order valence-corrected chi connectivity index (χ4v) is 5.82. The molecule has 0 atom stereocenters. The van der Waals surface area contributed by atoms with Crippen molar-refractivity contribution in [2.45, 2.75) is 24.5 Å². The van der Waals surface area contributed by atoms with Crippen LogP contribution in [0.15, 0.2) is 29.6 Å². The van der Waals surface area contributed by atoms with Crippen molar-refractivity contribution >= 4 is 34.3 Å². The van der Waals surface area contributed by atoms with E-state index in [1.54, 1.807) is 23.3 Å². The topological polar surface area (TPSA) is 71.7 Å². The van der Waals surface area contributed by atoms with Gasteiger partial charge in [0.1, 0.15) is 4.75 Å². The van der Waals surface area contributed by atoms with E-state index in [9.17, 15) is 4.79 Å². The van der Waals surface area contributed by atoms with E-state index < -0.39 is 4.75 Å². The summed E-state index contributed by atoms with van der Waals surface area (Å²) in [5.74, 6) is -0.217. The Hall–Kier alpha value is -1.61. The zero-order valence-electron chi connectivity index (χ0n) is 16.1. The van der Waals surface area contributed by atoms with Crippen molar-refractivity contribution in [1.82, 2.24) is 9.29 Å². The molecular formula is C20H26N4O2S2. The van der Waals surface area contributed by atoms with Gasteiger partial charge in [-0.3, -0.25) is 4.79 Å². The molecular weight excluding hydrogens is 392 g/mol. The Morgan fingerprint density at radius 2 is 2.00 bits per heavy atom. The van der Waals surface area contributed by atoms with Crippen LogP contribution in [0, 0.1) is 6.92 Å². The summed E-state index contributed by atoms with van der Waals surface area (Å²) in [5.41, 5.74) is 9.19. The average Bonchev–Trinajstić information content (AvgIpc) is 3.19. The van der Waals surface area contributed by atoms with Crippen molar-refractivity contribution in [3.63, 3.8) is 0 Å². The average molecular weight is 419 g/mol. The van der Waals surface area contributed by atoms with E-state index in [0.29, 0.717) is 26.1 Å². The van der Waals surface area contributed by atoms with Crippen molar-refractivity contribution in [2.75, 3.05) is 44.3 Å². The second-order valence-electron chi connectivity index (χ2n) is 7.36. The lowest BCUT2D eigenvalue weighted by molar-refractivity contribution is -0.122. The van der Waals surface area contributed by atoms with E-state index in [1.165, 1.54) is 11.1 Å². The first kappa shape index (κ1) is 19.7. The van der Waals surface area contributed by atoms with E-state index in [2.05, 4.69) is 45.8 Å². The van der Waals surface area contributed by atoms with E-state index in [0.717, 1.165) is 37.0 Å². The quantitative estimate of drug-likeness (QED) is 0.753. The van der Waals surface area contributed by atoms with Crippen LogP contribution in [0.25, 0.3) is 11.3 Å². The molecule has 4 rings (SSSR count). The number of ether oxygens (including phenoxy) is 1. The number of nitrogens with two attached hydrogens (primary N) is 1. The van der Waals surface area contributed by atoms with Crippen LogP contribution in [0.3, 0.4) is 0 Å². The third-order valence-electron chi connectivity index (χ3n) is 5.37. The first-order valence-electron chi connectivity index (χ1n) is 9.65. The summed E-state index contributed by atoms with van der Waals surface area (Å²) in [5, 5.41) is 3.20. The molecule has 8 heteroatoms. The number of benzene rings is 1. The number of anilines is 1. The predicted octanol–water partition coefficient (Wildman–Crippen LogP) is 2.92. The highest BCUT2D eigenvalue weighted by Gasteiger charge is 2.41. The highest BCUT2D eigenvalue weighted by molar-refractivity contribution is 7.99. The minimum atomic E-state index is -0.514. The van der Waals surface area contributed by atoms with Gasteiger partial charge in [0, 0.05) is 50.3 Å². The number of aromatic nitrogens is 1. The lowest BCUT2D eigenvalue weighted by Crippen LogP contribution is -2.51. The van der Waals surface area contributed by atoms with Gasteiger partial charge in [0.05, 0.1) is 5.69 Å². The number of primary amides is 1. The summed E-state index contributed by atoms with van der Waals surface area (Å²) < 4.78 is 7.21. The summed E-state index contributed by atoms with van der Waals surface area (Å²) in [6.07, 6.45) is 1.39. The largest absolute Gasteiger partial charge is 0.381 e. The normalized spacial score (nSPS) is 20.2. The van der Waals surface area contributed by atoms with Crippen molar-refractivity contribution < 1.29 is 9.53 Å². The summed E-state index contributed by atoms with van der Waals surface area (Å²) >= 11 is 3.33. The number of piperazine rings is 1. The van der Waals surface area contributed by atoms with Crippen molar-refractivity contribution in [1.29, 1.82) is 0 Å². The predicted molar refractivity (Wildman–Crippen MR) is 116 cm³/mol. The van der Waals surface area contributed by atoms with Crippen LogP contribution >= 0.6 is 23.3 Å². The number of carbonyl (C=O) groups excluding carboxylic acids is 1. The van der Waals surface area contributed by atoms with Crippen LogP contribution in [0.1, 0.15) is 18.4 Å². The molecule has 1 aromatic carbocycles. The number of rotatable bonds is 5. The molecule has 2 fully saturated rings. The third-order valence-corrected chi connectivity index (χ3v) is 7.85. The fraction of sp³-hybridized carbons (Fsp3) is 0.500. The maximum atomic E-state index is 12.1. The molecule has 0 aliphatic carbocycles. The first-order valence-corrected chi connectivity index (χ1v) is 11.3. The number of amides is 1. The number of nitrogens with zero attached hydrogens (tertiary/aromatic N) is 3. The van der Waals surface area contributed by atoms with E-state index in [1.807, 2.05) is 0 Å². The summed E-state index contributed by atoms with van der Waals surface area (Å²) in [6.45, 7) is 6.90. The van der Waals surface area contributed by atoms with Gasteiger partial charge in [-0.1, -0.05) is 35.7 Å². The molecule has 0 radical (unpaired) electrons. The number of thiazole rings is 1. The second-order valence-corrected chi connectivity index (χ2v) is 9.68. The van der Waals surface area contributed by atoms with Gasteiger partial charge < -0.3 is 15.4 Å². The highest BCUT2D eigenvalue weighted by Crippen LogP contribution is 2.38. The lowest BCUT2D eigenvalue weighted by Gasteiger charge is -2.40. The Balaban J connectivity index is 1.37. The number of hydrogen-bond donors (Lipinski definition) is 1. The Labute approximate surface area is 174 Å². The van der Waals surface area contributed by atoms with E-state index in [-0.39, 0.29) is 5.91 Å². The van der Waals surface area contributed by atoms with Crippen molar-refractivity contribution in [3.8, 4) is 11.3 Å². The van der Waals surface area contributed by atoms with Crippen LogP contribution in [0.4, 0.5) is 5.13 Å². The third kappa shape index (κ3) is 4.20. The molecule has 1 aromatic heterocycles. The number of carbonyl (C=O) groups is 1. The molecule has 6 nitrogen and oxygen atoms in total. The minimum Gasteiger partial charge on any atom is -0.381 e. The molecule has 2 saturated heterocycles. The summed E-state index contributed by atoms with van der Waals surface area (Å²) in [7, 11) is 0. The van der Waals surface area contributed by atoms with Gasteiger partial charge in [-0.25, -0.2) is 9.29 Å². The fourth-order valence-electron chi connectivity index (χ4n) is 3.65. The molecule has 2 aliphatic rings. The Bertz CT molecular complexity index is 827. The SMILES string of the molecule is Cc1cccc(-c2csc(N3CCN(SC4(C(N)=O)CCOCC4)CC3)n2)c1. The summed E-state index contributed by atoms with van der Waals surface area (Å²) in [6, 6.07) is 8.46. The second kappa shape index (κ2) is 8.41. The Morgan fingerprint density at radius 1 is 1.25 bits per heavy atom. The van der Waals surface area contributed by atoms with Gasteiger partial charge in [-0.05, 0) is 25.8 Å². The number of aryl methyl sites for hydroxylation is 1. The molecule has 2 aromatic rings. The smallest absolute Gasteiger partial charge is 0.235 e. The highest BCUT2D eigenvalue weighted by atomic mass is 32.2. The first-order chi connectivity index (χ1) is 13.6. The molecule has 28 heavy (non-hydrogen) atoms. The maximum absolute atomic E-state index is 12.1. The minimum absolute atomic E-state index is 0.217. The van der Waals surface area contributed by atoms with Crippen LogP contribution in [0.5, 0.6) is 0 Å². The molecule has 1 amide bonds. The molecule has 0 spiro atoms. The van der Waals surface area contributed by atoms with Crippen LogP contribution in [0.2, 0.25) is 0 Å². The van der Waals surface area contributed by atoms with E-state index >= 15 is 0 Å². The van der Waals surface area contributed by atoms with Gasteiger partial charge in [-0.2, -0.15) is 0 Å². The summed E-state index contributed by atoms with van der Waals surface area (Å²) in [4.78, 5) is 19.3. The zero-order chi connectivity index (χ0) is 19.6. The van der Waals surface area contributed by atoms with Gasteiger partial charge in [0.25, 0.3) is 0 Å². The Kier molecular flexibility index (Phi) is 5.91. The zero-order valence-corrected chi connectivity index (χ0v) is 17.7. The standard InChI is InChI=1S/C20H26N4O2S2/c1-15-3-2-4-16(13-15)17-14-27-19(22-17)23-7-9-24(10-8-23)28-20(18(21)25)5-11-26-12-6-20/h2-4,13-14H,5-12H2,1H3,(H2,21,25).